The number of nitrogen functional groups attached to an aromatic ring is 1. The van der Waals surface area contributed by atoms with Crippen molar-refractivity contribution in [3.63, 3.8) is 0 Å². The fourth-order valence-electron chi connectivity index (χ4n) is 2.83. The molecule has 156 valence electrons. The zero-order valence-electron chi connectivity index (χ0n) is 15.5. The lowest BCUT2D eigenvalue weighted by Gasteiger charge is -2.16. The molecule has 0 spiro atoms. The molecule has 30 heavy (non-hydrogen) atoms. The highest BCUT2D eigenvalue weighted by Gasteiger charge is 2.33. The minimum atomic E-state index is -4.16. The number of carbonyl (C=O) groups excluding carboxylic acids is 1. The summed E-state index contributed by atoms with van der Waals surface area (Å²) in [7, 11) is -4.16. The minimum Gasteiger partial charge on any atom is -0.454 e. The van der Waals surface area contributed by atoms with E-state index in [2.05, 4.69) is 4.98 Å². The van der Waals surface area contributed by atoms with Gasteiger partial charge in [-0.25, -0.2) is 22.2 Å². The van der Waals surface area contributed by atoms with Crippen molar-refractivity contribution in [2.24, 2.45) is 5.73 Å². The minimum absolute atomic E-state index is 0.149. The Labute approximate surface area is 171 Å². The van der Waals surface area contributed by atoms with Gasteiger partial charge < -0.3 is 16.2 Å². The van der Waals surface area contributed by atoms with Gasteiger partial charge in [-0.1, -0.05) is 18.2 Å². The number of ether oxygens (including phenoxy) is 1. The summed E-state index contributed by atoms with van der Waals surface area (Å²) in [5.41, 5.74) is 11.0. The maximum Gasteiger partial charge on any atom is 0.240 e. The zero-order chi connectivity index (χ0) is 21.9. The van der Waals surface area contributed by atoms with Crippen molar-refractivity contribution in [1.82, 2.24) is 4.98 Å². The Balaban J connectivity index is 1.89. The number of hydrogen-bond donors (Lipinski definition) is 2. The average Bonchev–Trinajstić information content (AvgIpc) is 2.65. The van der Waals surface area contributed by atoms with Crippen LogP contribution in [-0.4, -0.2) is 19.3 Å². The molecule has 0 saturated heterocycles. The van der Waals surface area contributed by atoms with E-state index < -0.39 is 38.4 Å². The van der Waals surface area contributed by atoms with Crippen molar-refractivity contribution >= 4 is 21.6 Å². The van der Waals surface area contributed by atoms with Crippen molar-refractivity contribution in [2.75, 3.05) is 5.73 Å². The molecule has 0 saturated carbocycles. The summed E-state index contributed by atoms with van der Waals surface area (Å²) in [6.07, 6.45) is 1.38. The Morgan fingerprint density at radius 2 is 1.77 bits per heavy atom. The van der Waals surface area contributed by atoms with E-state index in [-0.39, 0.29) is 28.4 Å². The van der Waals surface area contributed by atoms with Gasteiger partial charge in [0.1, 0.15) is 17.4 Å². The van der Waals surface area contributed by atoms with Crippen LogP contribution in [-0.2, 0) is 20.4 Å². The number of sulfone groups is 1. The van der Waals surface area contributed by atoms with E-state index in [1.54, 1.807) is 0 Å². The van der Waals surface area contributed by atoms with Crippen LogP contribution in [0.5, 0.6) is 11.5 Å². The Bertz CT molecular complexity index is 1180. The molecular weight excluding hydrogens is 416 g/mol. The molecule has 0 aliphatic heterocycles. The van der Waals surface area contributed by atoms with Crippen LogP contribution >= 0.6 is 0 Å². The predicted octanol–water partition coefficient (Wildman–Crippen LogP) is 2.88. The number of nitrogens with two attached hydrogens (primary N) is 2. The summed E-state index contributed by atoms with van der Waals surface area (Å²) in [4.78, 5) is 15.7. The van der Waals surface area contributed by atoms with Crippen LogP contribution in [0.1, 0.15) is 16.4 Å². The molecule has 0 fully saturated rings. The van der Waals surface area contributed by atoms with Crippen LogP contribution in [0.25, 0.3) is 0 Å². The summed E-state index contributed by atoms with van der Waals surface area (Å²) in [6.45, 7) is 0. The molecule has 0 bridgehead atoms. The van der Waals surface area contributed by atoms with Gasteiger partial charge in [0.2, 0.25) is 5.91 Å². The van der Waals surface area contributed by atoms with Gasteiger partial charge >= 0.3 is 0 Å². The molecule has 1 amide bonds. The topological polar surface area (TPSA) is 125 Å². The number of aromatic nitrogens is 1. The first-order valence-electron chi connectivity index (χ1n) is 8.60. The molecule has 4 N–H and O–H groups in total. The lowest BCUT2D eigenvalue weighted by atomic mass is 10.1. The summed E-state index contributed by atoms with van der Waals surface area (Å²) >= 11 is 0. The maximum absolute atomic E-state index is 14.6. The summed E-state index contributed by atoms with van der Waals surface area (Å²) in [6, 6.07) is 10.9. The highest BCUT2D eigenvalue weighted by Crippen LogP contribution is 2.31. The van der Waals surface area contributed by atoms with Gasteiger partial charge in [0, 0.05) is 12.3 Å². The first kappa shape index (κ1) is 21.2. The molecule has 0 aliphatic carbocycles. The standard InChI is InChI=1S/C20H17F2N3O4S/c21-14-4-1-12(2-5-14)11-30(27,28)19(20(24)26)13-3-6-17(16(22)9-13)29-15-7-8-25-18(23)10-15/h1-10,19H,11H2,(H2,23,25)(H2,24,26). The van der Waals surface area contributed by atoms with Gasteiger partial charge in [0.25, 0.3) is 0 Å². The largest absolute Gasteiger partial charge is 0.454 e. The molecule has 7 nitrogen and oxygen atoms in total. The van der Waals surface area contributed by atoms with E-state index in [0.717, 1.165) is 18.2 Å². The molecule has 1 unspecified atom stereocenters. The van der Waals surface area contributed by atoms with E-state index in [1.807, 2.05) is 0 Å². The number of nitrogens with zero attached hydrogens (tertiary/aromatic N) is 1. The van der Waals surface area contributed by atoms with Crippen LogP contribution in [0.4, 0.5) is 14.6 Å². The van der Waals surface area contributed by atoms with Crippen LogP contribution in [0.2, 0.25) is 0 Å². The van der Waals surface area contributed by atoms with Crippen LogP contribution in [0.3, 0.4) is 0 Å². The normalized spacial score (nSPS) is 12.3. The molecule has 3 aromatic rings. The Kier molecular flexibility index (Phi) is 5.97. The second-order valence-corrected chi connectivity index (χ2v) is 8.51. The second-order valence-electron chi connectivity index (χ2n) is 6.42. The molecule has 3 rings (SSSR count). The number of carbonyl (C=O) groups is 1. The van der Waals surface area contributed by atoms with Crippen LogP contribution in [0.15, 0.2) is 60.8 Å². The molecule has 0 radical (unpaired) electrons. The summed E-state index contributed by atoms with van der Waals surface area (Å²) in [5, 5.41) is -1.79. The number of benzene rings is 2. The van der Waals surface area contributed by atoms with E-state index in [1.165, 1.54) is 42.6 Å². The number of rotatable bonds is 7. The zero-order valence-corrected chi connectivity index (χ0v) is 16.3. The third-order valence-electron chi connectivity index (χ3n) is 4.14. The van der Waals surface area contributed by atoms with Gasteiger partial charge in [-0.15, -0.1) is 0 Å². The number of hydrogen-bond acceptors (Lipinski definition) is 6. The number of primary amides is 1. The third-order valence-corrected chi connectivity index (χ3v) is 6.10. The number of anilines is 1. The quantitative estimate of drug-likeness (QED) is 0.590. The molecule has 1 atom stereocenters. The summed E-state index contributed by atoms with van der Waals surface area (Å²) < 4.78 is 58.6. The lowest BCUT2D eigenvalue weighted by molar-refractivity contribution is -0.117. The average molecular weight is 433 g/mol. The van der Waals surface area contributed by atoms with Gasteiger partial charge in [0.15, 0.2) is 26.7 Å². The van der Waals surface area contributed by atoms with E-state index >= 15 is 0 Å². The van der Waals surface area contributed by atoms with Crippen molar-refractivity contribution < 1.29 is 26.7 Å². The predicted molar refractivity (Wildman–Crippen MR) is 106 cm³/mol. The molecule has 10 heteroatoms. The van der Waals surface area contributed by atoms with E-state index in [0.29, 0.717) is 0 Å². The van der Waals surface area contributed by atoms with Gasteiger partial charge in [-0.3, -0.25) is 4.79 Å². The van der Waals surface area contributed by atoms with Gasteiger partial charge in [-0.05, 0) is 41.5 Å². The number of amides is 1. The molecular formula is C20H17F2N3O4S. The molecule has 2 aromatic carbocycles. The Morgan fingerprint density at radius 3 is 2.37 bits per heavy atom. The lowest BCUT2D eigenvalue weighted by Crippen LogP contribution is -2.29. The van der Waals surface area contributed by atoms with Crippen molar-refractivity contribution in [2.45, 2.75) is 11.0 Å². The fraction of sp³-hybridized carbons (Fsp3) is 0.100. The third kappa shape index (κ3) is 4.90. The van der Waals surface area contributed by atoms with E-state index in [9.17, 15) is 22.0 Å². The smallest absolute Gasteiger partial charge is 0.240 e. The van der Waals surface area contributed by atoms with Crippen molar-refractivity contribution in [3.8, 4) is 11.5 Å². The summed E-state index contributed by atoms with van der Waals surface area (Å²) in [5.74, 6) is -2.97. The van der Waals surface area contributed by atoms with Crippen LogP contribution in [0, 0.1) is 11.6 Å². The second kappa shape index (κ2) is 8.46. The van der Waals surface area contributed by atoms with Crippen LogP contribution < -0.4 is 16.2 Å². The first-order chi connectivity index (χ1) is 14.2. The van der Waals surface area contributed by atoms with Gasteiger partial charge in [-0.2, -0.15) is 0 Å². The maximum atomic E-state index is 14.6. The number of pyridine rings is 1. The number of halogens is 2. The highest BCUT2D eigenvalue weighted by atomic mass is 32.2. The van der Waals surface area contributed by atoms with Gasteiger partial charge in [0.05, 0.1) is 5.75 Å². The first-order valence-corrected chi connectivity index (χ1v) is 10.3. The van der Waals surface area contributed by atoms with E-state index in [4.69, 9.17) is 16.2 Å². The molecule has 1 aromatic heterocycles. The monoisotopic (exact) mass is 433 g/mol. The Morgan fingerprint density at radius 1 is 1.07 bits per heavy atom. The molecule has 0 aliphatic rings. The highest BCUT2D eigenvalue weighted by molar-refractivity contribution is 7.91. The van der Waals surface area contributed by atoms with Crippen molar-refractivity contribution in [1.29, 1.82) is 0 Å². The van der Waals surface area contributed by atoms with Crippen molar-refractivity contribution in [3.05, 3.63) is 83.6 Å². The SMILES string of the molecule is NC(=O)C(c1ccc(Oc2ccnc(N)c2)c(F)c1)S(=O)(=O)Cc1ccc(F)cc1. The molecule has 1 heterocycles. The Hall–Kier alpha value is -3.53. The fourth-order valence-corrected chi connectivity index (χ4v) is 4.57.